The molecule has 3 aromatic carbocycles. The molecular weight excluding hydrogens is 570 g/mol. The summed E-state index contributed by atoms with van der Waals surface area (Å²) < 4.78 is 0.957. The number of carbonyl (C=O) groups is 2. The predicted molar refractivity (Wildman–Crippen MR) is 164 cm³/mol. The Morgan fingerprint density at radius 3 is 2.56 bits per heavy atom. The van der Waals surface area contributed by atoms with Crippen LogP contribution in [0, 0.1) is 5.92 Å². The second kappa shape index (κ2) is 13.5. The lowest BCUT2D eigenvalue weighted by molar-refractivity contribution is -0.122. The van der Waals surface area contributed by atoms with Crippen molar-refractivity contribution in [2.24, 2.45) is 5.92 Å². The molecule has 5 rings (SSSR count). The van der Waals surface area contributed by atoms with Crippen molar-refractivity contribution in [3.63, 3.8) is 0 Å². The fourth-order valence-electron chi connectivity index (χ4n) is 5.26. The lowest BCUT2D eigenvalue weighted by Crippen LogP contribution is -2.43. The molecule has 7 heteroatoms. The van der Waals surface area contributed by atoms with E-state index in [-0.39, 0.29) is 18.4 Å². The summed E-state index contributed by atoms with van der Waals surface area (Å²) in [7, 11) is 0. The molecule has 39 heavy (non-hydrogen) atoms. The van der Waals surface area contributed by atoms with Gasteiger partial charge in [-0.15, -0.1) is 0 Å². The third-order valence-corrected chi connectivity index (χ3v) is 8.90. The van der Waals surface area contributed by atoms with Gasteiger partial charge in [0.1, 0.15) is 6.54 Å². The molecule has 0 radical (unpaired) electrons. The third-order valence-electron chi connectivity index (χ3n) is 7.33. The van der Waals surface area contributed by atoms with Crippen molar-refractivity contribution < 1.29 is 9.59 Å². The number of fused-ring (bicyclic) bond motifs is 1. The predicted octanol–water partition coefficient (Wildman–Crippen LogP) is 6.39. The molecule has 2 heterocycles. The molecule has 1 N–H and O–H groups in total. The molecule has 2 aliphatic heterocycles. The van der Waals surface area contributed by atoms with E-state index in [0.29, 0.717) is 11.4 Å². The number of likely N-dealkylation sites (tertiary alicyclic amines) is 1. The van der Waals surface area contributed by atoms with Crippen LogP contribution in [0.15, 0.2) is 93.1 Å². The first-order valence-corrected chi connectivity index (χ1v) is 15.2. The van der Waals surface area contributed by atoms with Gasteiger partial charge in [-0.3, -0.25) is 14.5 Å². The fourth-order valence-corrected chi connectivity index (χ4v) is 6.73. The molecule has 0 unspecified atom stereocenters. The maximum atomic E-state index is 13.4. The number of hydrogen-bond acceptors (Lipinski definition) is 4. The molecule has 0 aliphatic carbocycles. The number of thioether (sulfide) groups is 1. The van der Waals surface area contributed by atoms with Crippen LogP contribution in [0.5, 0.6) is 0 Å². The lowest BCUT2D eigenvalue weighted by atomic mass is 9.90. The third kappa shape index (κ3) is 7.62. The second-order valence-electron chi connectivity index (χ2n) is 10.2. The number of nitrogens with one attached hydrogen (secondary N) is 1. The van der Waals surface area contributed by atoms with Gasteiger partial charge in [-0.1, -0.05) is 82.3 Å². The van der Waals surface area contributed by atoms with E-state index >= 15 is 0 Å². The number of piperidine rings is 1. The van der Waals surface area contributed by atoms with Crippen molar-refractivity contribution in [1.29, 1.82) is 0 Å². The Hall–Kier alpha value is -2.87. The highest BCUT2D eigenvalue weighted by atomic mass is 79.9. The van der Waals surface area contributed by atoms with E-state index in [0.717, 1.165) is 52.6 Å². The summed E-state index contributed by atoms with van der Waals surface area (Å²) in [4.78, 5) is 32.0. The van der Waals surface area contributed by atoms with Crippen LogP contribution in [-0.2, 0) is 16.0 Å². The standard InChI is InChI=1S/C32H34BrN3O2S/c33-27-11-6-10-26(21-27)22-30-32(38)36(28-12-4-5-13-29(28)39-30)23-31(37)34-16-7-17-35-18-14-25(15-19-35)20-24-8-2-1-3-9-24/h1-6,8-13,21-22,25H,7,14-20,23H2,(H,34,37). The molecular formula is C32H34BrN3O2S. The summed E-state index contributed by atoms with van der Waals surface area (Å²) in [5.41, 5.74) is 3.16. The molecule has 0 bridgehead atoms. The number of amides is 2. The van der Waals surface area contributed by atoms with Gasteiger partial charge in [0.15, 0.2) is 0 Å². The Balaban J connectivity index is 1.10. The molecule has 0 spiro atoms. The summed E-state index contributed by atoms with van der Waals surface area (Å²) >= 11 is 4.95. The first kappa shape index (κ1) is 27.7. The summed E-state index contributed by atoms with van der Waals surface area (Å²) in [6.07, 6.45) is 6.42. The molecule has 1 fully saturated rings. The van der Waals surface area contributed by atoms with Crippen molar-refractivity contribution in [2.75, 3.05) is 37.6 Å². The minimum absolute atomic E-state index is 0.0110. The first-order valence-electron chi connectivity index (χ1n) is 13.6. The number of carbonyl (C=O) groups excluding carboxylic acids is 2. The molecule has 1 saturated heterocycles. The second-order valence-corrected chi connectivity index (χ2v) is 12.2. The lowest BCUT2D eigenvalue weighted by Gasteiger charge is -2.32. The van der Waals surface area contributed by atoms with E-state index in [9.17, 15) is 9.59 Å². The minimum Gasteiger partial charge on any atom is -0.355 e. The topological polar surface area (TPSA) is 52.7 Å². The van der Waals surface area contributed by atoms with E-state index < -0.39 is 0 Å². The van der Waals surface area contributed by atoms with Crippen molar-refractivity contribution in [1.82, 2.24) is 10.2 Å². The van der Waals surface area contributed by atoms with E-state index in [2.05, 4.69) is 56.5 Å². The van der Waals surface area contributed by atoms with Gasteiger partial charge in [-0.2, -0.15) is 0 Å². The maximum Gasteiger partial charge on any atom is 0.265 e. The Morgan fingerprint density at radius 1 is 1.00 bits per heavy atom. The summed E-state index contributed by atoms with van der Waals surface area (Å²) in [5, 5.41) is 3.04. The van der Waals surface area contributed by atoms with Crippen molar-refractivity contribution >= 4 is 51.3 Å². The number of halogens is 1. The molecule has 2 amide bonds. The Morgan fingerprint density at radius 2 is 1.77 bits per heavy atom. The average Bonchev–Trinajstić information content (AvgIpc) is 2.95. The zero-order valence-corrected chi connectivity index (χ0v) is 24.4. The molecule has 2 aliphatic rings. The van der Waals surface area contributed by atoms with Gasteiger partial charge in [0.05, 0.1) is 10.6 Å². The van der Waals surface area contributed by atoms with Gasteiger partial charge in [-0.25, -0.2) is 0 Å². The Bertz CT molecular complexity index is 1320. The van der Waals surface area contributed by atoms with Crippen molar-refractivity contribution in [2.45, 2.75) is 30.6 Å². The normalized spacial score (nSPS) is 17.3. The number of benzene rings is 3. The van der Waals surface area contributed by atoms with Crippen molar-refractivity contribution in [3.05, 3.63) is 99.4 Å². The molecule has 3 aromatic rings. The number of nitrogens with zero attached hydrogens (tertiary/aromatic N) is 2. The fraction of sp³-hybridized carbons (Fsp3) is 0.312. The van der Waals surface area contributed by atoms with Crippen LogP contribution in [-0.4, -0.2) is 49.4 Å². The zero-order chi connectivity index (χ0) is 27.0. The number of para-hydroxylation sites is 1. The highest BCUT2D eigenvalue weighted by Crippen LogP contribution is 2.42. The molecule has 202 valence electrons. The summed E-state index contributed by atoms with van der Waals surface area (Å²) in [6, 6.07) is 26.4. The van der Waals surface area contributed by atoms with E-state index in [4.69, 9.17) is 0 Å². The smallest absolute Gasteiger partial charge is 0.265 e. The van der Waals surface area contributed by atoms with Gasteiger partial charge >= 0.3 is 0 Å². The minimum atomic E-state index is -0.146. The molecule has 0 atom stereocenters. The van der Waals surface area contributed by atoms with Crippen LogP contribution in [0.3, 0.4) is 0 Å². The van der Waals surface area contributed by atoms with Crippen LogP contribution in [0.4, 0.5) is 5.69 Å². The van der Waals surface area contributed by atoms with Crippen molar-refractivity contribution in [3.8, 4) is 0 Å². The Kier molecular flexibility index (Phi) is 9.56. The van der Waals surface area contributed by atoms with Gasteiger partial charge < -0.3 is 10.2 Å². The SMILES string of the molecule is O=C(CN1C(=O)C(=Cc2cccc(Br)c2)Sc2ccccc21)NCCCN1CCC(Cc2ccccc2)CC1. The summed E-state index contributed by atoms with van der Waals surface area (Å²) in [5.74, 6) is 0.481. The van der Waals surface area contributed by atoms with Gasteiger partial charge in [0.2, 0.25) is 5.91 Å². The molecule has 0 aromatic heterocycles. The van der Waals surface area contributed by atoms with E-state index in [1.165, 1.54) is 36.6 Å². The maximum absolute atomic E-state index is 13.4. The van der Waals surface area contributed by atoms with Crippen LogP contribution in [0.2, 0.25) is 0 Å². The quantitative estimate of drug-likeness (QED) is 0.227. The van der Waals surface area contributed by atoms with E-state index in [1.807, 2.05) is 54.6 Å². The van der Waals surface area contributed by atoms with Crippen LogP contribution < -0.4 is 10.2 Å². The highest BCUT2D eigenvalue weighted by Gasteiger charge is 2.30. The average molecular weight is 605 g/mol. The van der Waals surface area contributed by atoms with E-state index in [1.54, 1.807) is 4.90 Å². The van der Waals surface area contributed by atoms with Crippen LogP contribution >= 0.6 is 27.7 Å². The summed E-state index contributed by atoms with van der Waals surface area (Å²) in [6.45, 7) is 3.85. The Labute approximate surface area is 243 Å². The van der Waals surface area contributed by atoms with Gasteiger partial charge in [0.25, 0.3) is 5.91 Å². The van der Waals surface area contributed by atoms with Crippen LogP contribution in [0.1, 0.15) is 30.4 Å². The van der Waals surface area contributed by atoms with Gasteiger partial charge in [-0.05, 0) is 92.7 Å². The molecule has 5 nitrogen and oxygen atoms in total. The van der Waals surface area contributed by atoms with Gasteiger partial charge in [0, 0.05) is 15.9 Å². The molecule has 0 saturated carbocycles. The zero-order valence-electron chi connectivity index (χ0n) is 22.0. The highest BCUT2D eigenvalue weighted by molar-refractivity contribution is 9.10. The van der Waals surface area contributed by atoms with Crippen LogP contribution in [0.25, 0.3) is 6.08 Å². The number of rotatable bonds is 9. The number of anilines is 1. The largest absolute Gasteiger partial charge is 0.355 e. The number of hydrogen-bond donors (Lipinski definition) is 1. The monoisotopic (exact) mass is 603 g/mol. The first-order chi connectivity index (χ1) is 19.0.